The second-order valence-electron chi connectivity index (χ2n) is 7.22. The van der Waals surface area contributed by atoms with E-state index in [0.29, 0.717) is 11.6 Å². The van der Waals surface area contributed by atoms with Gasteiger partial charge in [0, 0.05) is 31.2 Å². The van der Waals surface area contributed by atoms with Crippen LogP contribution in [0.25, 0.3) is 0 Å². The van der Waals surface area contributed by atoms with E-state index in [1.807, 2.05) is 24.3 Å². The fourth-order valence-electron chi connectivity index (χ4n) is 3.82. The molecule has 8 heteroatoms. The Morgan fingerprint density at radius 2 is 1.76 bits per heavy atom. The monoisotopic (exact) mass is 414 g/mol. The molecular weight excluding hydrogens is 391 g/mol. The van der Waals surface area contributed by atoms with E-state index in [0.717, 1.165) is 49.7 Å². The third kappa shape index (κ3) is 4.47. The van der Waals surface area contributed by atoms with Crippen LogP contribution in [0.2, 0.25) is 5.02 Å². The quantitative estimate of drug-likeness (QED) is 0.619. The molecule has 1 aliphatic heterocycles. The summed E-state index contributed by atoms with van der Waals surface area (Å²) in [6, 6.07) is 14.1. The van der Waals surface area contributed by atoms with Crippen molar-refractivity contribution in [3.8, 4) is 0 Å². The average molecular weight is 415 g/mol. The second-order valence-corrected chi connectivity index (χ2v) is 7.62. The molecule has 0 spiro atoms. The standard InChI is InChI=1S/C21H24ClFN6/c1-2-27-11-13-28(14-12-27)20(18-5-3-4-6-19(18)22)21-24-25-26-29(21)15-16-7-9-17(23)10-8-16/h3-10,20H,2,11-15H2,1H3. The van der Waals surface area contributed by atoms with Gasteiger partial charge in [-0.3, -0.25) is 4.90 Å². The van der Waals surface area contributed by atoms with E-state index in [-0.39, 0.29) is 11.9 Å². The summed E-state index contributed by atoms with van der Waals surface area (Å²) in [6.07, 6.45) is 0. The summed E-state index contributed by atoms with van der Waals surface area (Å²) in [5.41, 5.74) is 1.93. The number of nitrogens with zero attached hydrogens (tertiary/aromatic N) is 6. The van der Waals surface area contributed by atoms with E-state index >= 15 is 0 Å². The van der Waals surface area contributed by atoms with E-state index in [1.54, 1.807) is 16.8 Å². The van der Waals surface area contributed by atoms with Crippen molar-refractivity contribution in [1.82, 2.24) is 30.0 Å². The molecule has 1 atom stereocenters. The highest BCUT2D eigenvalue weighted by atomic mass is 35.5. The van der Waals surface area contributed by atoms with Crippen LogP contribution in [0.3, 0.4) is 0 Å². The number of piperazine rings is 1. The van der Waals surface area contributed by atoms with Gasteiger partial charge in [-0.1, -0.05) is 48.9 Å². The van der Waals surface area contributed by atoms with Crippen LogP contribution >= 0.6 is 11.6 Å². The number of likely N-dealkylation sites (N-methyl/N-ethyl adjacent to an activating group) is 1. The molecule has 0 aliphatic carbocycles. The molecule has 0 N–H and O–H groups in total. The number of aromatic nitrogens is 4. The van der Waals surface area contributed by atoms with Crippen molar-refractivity contribution in [3.63, 3.8) is 0 Å². The van der Waals surface area contributed by atoms with Crippen LogP contribution in [0.15, 0.2) is 48.5 Å². The number of tetrazole rings is 1. The lowest BCUT2D eigenvalue weighted by atomic mass is 10.0. The summed E-state index contributed by atoms with van der Waals surface area (Å²) in [7, 11) is 0. The molecule has 0 bridgehead atoms. The van der Waals surface area contributed by atoms with Crippen LogP contribution in [0, 0.1) is 5.82 Å². The van der Waals surface area contributed by atoms with Gasteiger partial charge in [-0.15, -0.1) is 5.10 Å². The number of hydrogen-bond acceptors (Lipinski definition) is 5. The Kier molecular flexibility index (Phi) is 6.18. The van der Waals surface area contributed by atoms with Crippen molar-refractivity contribution in [2.24, 2.45) is 0 Å². The number of benzene rings is 2. The third-order valence-electron chi connectivity index (χ3n) is 5.47. The maximum atomic E-state index is 13.3. The first kappa shape index (κ1) is 19.9. The number of rotatable bonds is 6. The summed E-state index contributed by atoms with van der Waals surface area (Å²) < 4.78 is 15.1. The largest absolute Gasteiger partial charge is 0.301 e. The highest BCUT2D eigenvalue weighted by Crippen LogP contribution is 2.32. The maximum absolute atomic E-state index is 13.3. The Labute approximate surface area is 174 Å². The highest BCUT2D eigenvalue weighted by Gasteiger charge is 2.31. The fourth-order valence-corrected chi connectivity index (χ4v) is 4.06. The minimum atomic E-state index is -0.256. The maximum Gasteiger partial charge on any atom is 0.173 e. The topological polar surface area (TPSA) is 50.1 Å². The summed E-state index contributed by atoms with van der Waals surface area (Å²) in [5, 5.41) is 13.2. The van der Waals surface area contributed by atoms with E-state index in [9.17, 15) is 4.39 Å². The molecule has 1 unspecified atom stereocenters. The van der Waals surface area contributed by atoms with E-state index in [1.165, 1.54) is 12.1 Å². The lowest BCUT2D eigenvalue weighted by molar-refractivity contribution is 0.108. The van der Waals surface area contributed by atoms with E-state index in [2.05, 4.69) is 32.2 Å². The first-order chi connectivity index (χ1) is 14.2. The zero-order chi connectivity index (χ0) is 20.2. The molecule has 3 aromatic rings. The van der Waals surface area contributed by atoms with E-state index in [4.69, 9.17) is 11.6 Å². The van der Waals surface area contributed by atoms with Crippen molar-refractivity contribution in [3.05, 3.63) is 76.3 Å². The summed E-state index contributed by atoms with van der Waals surface area (Å²) in [6.45, 7) is 7.52. The first-order valence-electron chi connectivity index (χ1n) is 9.87. The molecule has 29 heavy (non-hydrogen) atoms. The van der Waals surface area contributed by atoms with Gasteiger partial charge in [0.25, 0.3) is 0 Å². The normalized spacial score (nSPS) is 16.8. The Balaban J connectivity index is 1.68. The Hall–Kier alpha value is -2.35. The first-order valence-corrected chi connectivity index (χ1v) is 10.2. The molecular formula is C21H24ClFN6. The van der Waals surface area contributed by atoms with Gasteiger partial charge in [0.2, 0.25) is 0 Å². The molecule has 6 nitrogen and oxygen atoms in total. The minimum absolute atomic E-state index is 0.141. The predicted octanol–water partition coefficient (Wildman–Crippen LogP) is 3.24. The van der Waals surface area contributed by atoms with Gasteiger partial charge in [-0.2, -0.15) is 0 Å². The zero-order valence-electron chi connectivity index (χ0n) is 16.4. The van der Waals surface area contributed by atoms with Crippen molar-refractivity contribution in [2.45, 2.75) is 19.5 Å². The lowest BCUT2D eigenvalue weighted by Gasteiger charge is -2.38. The summed E-state index contributed by atoms with van der Waals surface area (Å²) in [5.74, 6) is 0.487. The van der Waals surface area contributed by atoms with Crippen LogP contribution in [0.4, 0.5) is 4.39 Å². The minimum Gasteiger partial charge on any atom is -0.301 e. The zero-order valence-corrected chi connectivity index (χ0v) is 17.1. The average Bonchev–Trinajstić information content (AvgIpc) is 3.19. The van der Waals surface area contributed by atoms with Gasteiger partial charge in [0.15, 0.2) is 5.82 Å². The molecule has 4 rings (SSSR count). The van der Waals surface area contributed by atoms with Gasteiger partial charge in [0.1, 0.15) is 5.82 Å². The highest BCUT2D eigenvalue weighted by molar-refractivity contribution is 6.31. The molecule has 0 amide bonds. The van der Waals surface area contributed by atoms with Crippen LogP contribution in [0.1, 0.15) is 29.9 Å². The fraction of sp³-hybridized carbons (Fsp3) is 0.381. The Morgan fingerprint density at radius 3 is 2.45 bits per heavy atom. The number of hydrogen-bond donors (Lipinski definition) is 0. The van der Waals surface area contributed by atoms with Crippen LogP contribution in [-0.2, 0) is 6.54 Å². The molecule has 2 heterocycles. The lowest BCUT2D eigenvalue weighted by Crippen LogP contribution is -2.48. The molecule has 1 aromatic heterocycles. The van der Waals surface area contributed by atoms with Crippen LogP contribution in [-0.4, -0.2) is 62.7 Å². The molecule has 152 valence electrons. The molecule has 0 radical (unpaired) electrons. The third-order valence-corrected chi connectivity index (χ3v) is 5.81. The summed E-state index contributed by atoms with van der Waals surface area (Å²) >= 11 is 6.58. The molecule has 1 aliphatic rings. The van der Waals surface area contributed by atoms with Gasteiger partial charge in [-0.05, 0) is 46.3 Å². The molecule has 0 saturated carbocycles. The van der Waals surface area contributed by atoms with Gasteiger partial charge < -0.3 is 4.90 Å². The second kappa shape index (κ2) is 8.98. The van der Waals surface area contributed by atoms with Crippen molar-refractivity contribution >= 4 is 11.6 Å². The predicted molar refractivity (Wildman–Crippen MR) is 110 cm³/mol. The van der Waals surface area contributed by atoms with Crippen LogP contribution in [0.5, 0.6) is 0 Å². The Bertz CT molecular complexity index is 936. The van der Waals surface area contributed by atoms with Gasteiger partial charge in [-0.25, -0.2) is 9.07 Å². The van der Waals surface area contributed by atoms with Crippen LogP contribution < -0.4 is 0 Å². The van der Waals surface area contributed by atoms with Crippen molar-refractivity contribution in [2.75, 3.05) is 32.7 Å². The van der Waals surface area contributed by atoms with Gasteiger partial charge in [0.05, 0.1) is 12.6 Å². The Morgan fingerprint density at radius 1 is 1.03 bits per heavy atom. The van der Waals surface area contributed by atoms with Crippen molar-refractivity contribution < 1.29 is 4.39 Å². The van der Waals surface area contributed by atoms with E-state index < -0.39 is 0 Å². The number of halogens is 2. The summed E-state index contributed by atoms with van der Waals surface area (Å²) in [4.78, 5) is 4.82. The van der Waals surface area contributed by atoms with Gasteiger partial charge >= 0.3 is 0 Å². The molecule has 1 fully saturated rings. The SMILES string of the molecule is CCN1CCN(C(c2ccccc2Cl)c2nnnn2Cc2ccc(F)cc2)CC1. The smallest absolute Gasteiger partial charge is 0.173 e. The molecule has 1 saturated heterocycles. The molecule has 2 aromatic carbocycles. The van der Waals surface area contributed by atoms with Crippen molar-refractivity contribution in [1.29, 1.82) is 0 Å².